The van der Waals surface area contributed by atoms with E-state index >= 15 is 0 Å². The number of thioether (sulfide) groups is 1. The molecule has 0 aliphatic rings. The van der Waals surface area contributed by atoms with Crippen molar-refractivity contribution in [3.8, 4) is 11.4 Å². The molecular formula is C16H16ClN3O2S. The van der Waals surface area contributed by atoms with Crippen LogP contribution in [0.3, 0.4) is 0 Å². The number of hydrogen-bond acceptors (Lipinski definition) is 5. The Morgan fingerprint density at radius 1 is 1.26 bits per heavy atom. The third kappa shape index (κ3) is 3.44. The van der Waals surface area contributed by atoms with E-state index in [1.807, 2.05) is 36.7 Å². The van der Waals surface area contributed by atoms with Gasteiger partial charge >= 0.3 is 0 Å². The second-order valence-electron chi connectivity index (χ2n) is 5.13. The number of aryl methyl sites for hydroxylation is 1. The van der Waals surface area contributed by atoms with Crippen LogP contribution in [0.2, 0.25) is 5.02 Å². The van der Waals surface area contributed by atoms with Crippen LogP contribution >= 0.6 is 23.4 Å². The molecule has 3 rings (SSSR count). The summed E-state index contributed by atoms with van der Waals surface area (Å²) in [7, 11) is 1.90. The summed E-state index contributed by atoms with van der Waals surface area (Å²) in [6, 6.07) is 9.06. The molecule has 0 aliphatic carbocycles. The van der Waals surface area contributed by atoms with Gasteiger partial charge in [-0.3, -0.25) is 0 Å². The highest BCUT2D eigenvalue weighted by atomic mass is 35.5. The van der Waals surface area contributed by atoms with Crippen molar-refractivity contribution in [3.63, 3.8) is 0 Å². The molecule has 23 heavy (non-hydrogen) atoms. The Morgan fingerprint density at radius 2 is 2.00 bits per heavy atom. The van der Waals surface area contributed by atoms with E-state index in [0.29, 0.717) is 10.8 Å². The molecule has 7 heteroatoms. The predicted octanol–water partition coefficient (Wildman–Crippen LogP) is 3.86. The van der Waals surface area contributed by atoms with Crippen molar-refractivity contribution in [2.45, 2.75) is 18.2 Å². The van der Waals surface area contributed by atoms with Crippen LogP contribution in [0.1, 0.15) is 17.4 Å². The summed E-state index contributed by atoms with van der Waals surface area (Å²) < 4.78 is 7.21. The summed E-state index contributed by atoms with van der Waals surface area (Å²) >= 11 is 7.31. The van der Waals surface area contributed by atoms with Gasteiger partial charge in [-0.05, 0) is 30.7 Å². The van der Waals surface area contributed by atoms with Crippen LogP contribution in [-0.2, 0) is 7.05 Å². The molecule has 0 fully saturated rings. The zero-order chi connectivity index (χ0) is 16.4. The SMILES string of the molecule is Cc1occc1-c1nnc(SCC(O)c2ccc(Cl)cc2)n1C. The molecule has 1 unspecified atom stereocenters. The second-order valence-corrected chi connectivity index (χ2v) is 6.56. The summed E-state index contributed by atoms with van der Waals surface area (Å²) in [5, 5.41) is 20.1. The molecule has 0 bridgehead atoms. The fourth-order valence-corrected chi connectivity index (χ4v) is 3.23. The molecule has 0 radical (unpaired) electrons. The van der Waals surface area contributed by atoms with Crippen molar-refractivity contribution < 1.29 is 9.52 Å². The van der Waals surface area contributed by atoms with E-state index in [9.17, 15) is 5.11 Å². The average molecular weight is 350 g/mol. The van der Waals surface area contributed by atoms with Crippen molar-refractivity contribution in [2.75, 3.05) is 5.75 Å². The molecule has 0 spiro atoms. The highest BCUT2D eigenvalue weighted by molar-refractivity contribution is 7.99. The van der Waals surface area contributed by atoms with E-state index in [4.69, 9.17) is 16.0 Å². The maximum absolute atomic E-state index is 10.3. The Hall–Kier alpha value is -1.76. The number of furan rings is 1. The molecule has 1 N–H and O–H groups in total. The van der Waals surface area contributed by atoms with E-state index in [-0.39, 0.29) is 0 Å². The first-order valence-electron chi connectivity index (χ1n) is 7.06. The first kappa shape index (κ1) is 16.1. The zero-order valence-corrected chi connectivity index (χ0v) is 14.3. The second kappa shape index (κ2) is 6.78. The lowest BCUT2D eigenvalue weighted by molar-refractivity contribution is 0.204. The molecule has 2 heterocycles. The highest BCUT2D eigenvalue weighted by Gasteiger charge is 2.16. The minimum Gasteiger partial charge on any atom is -0.469 e. The van der Waals surface area contributed by atoms with E-state index < -0.39 is 6.10 Å². The van der Waals surface area contributed by atoms with E-state index in [1.54, 1.807) is 18.4 Å². The number of nitrogens with zero attached hydrogens (tertiary/aromatic N) is 3. The number of benzene rings is 1. The van der Waals surface area contributed by atoms with Crippen molar-refractivity contribution in [2.24, 2.45) is 7.05 Å². The Kier molecular flexibility index (Phi) is 4.75. The lowest BCUT2D eigenvalue weighted by Crippen LogP contribution is -2.02. The maximum Gasteiger partial charge on any atom is 0.191 e. The van der Waals surface area contributed by atoms with E-state index in [1.165, 1.54) is 11.8 Å². The summed E-state index contributed by atoms with van der Waals surface area (Å²) in [6.45, 7) is 1.89. The minimum absolute atomic E-state index is 0.484. The third-order valence-electron chi connectivity index (χ3n) is 3.56. The number of hydrogen-bond donors (Lipinski definition) is 1. The number of aliphatic hydroxyl groups is 1. The first-order chi connectivity index (χ1) is 11.1. The van der Waals surface area contributed by atoms with Crippen LogP contribution in [0.4, 0.5) is 0 Å². The van der Waals surface area contributed by atoms with Crippen molar-refractivity contribution in [1.82, 2.24) is 14.8 Å². The molecule has 3 aromatic rings. The van der Waals surface area contributed by atoms with Gasteiger partial charge in [-0.1, -0.05) is 35.5 Å². The first-order valence-corrected chi connectivity index (χ1v) is 8.43. The van der Waals surface area contributed by atoms with E-state index in [0.717, 1.165) is 27.9 Å². The predicted molar refractivity (Wildman–Crippen MR) is 90.6 cm³/mol. The Bertz CT molecular complexity index is 798. The number of aliphatic hydroxyl groups excluding tert-OH is 1. The molecule has 120 valence electrons. The molecule has 0 saturated carbocycles. The smallest absolute Gasteiger partial charge is 0.191 e. The average Bonchev–Trinajstić information content (AvgIpc) is 3.11. The van der Waals surface area contributed by atoms with Crippen LogP contribution in [0, 0.1) is 6.92 Å². The van der Waals surface area contributed by atoms with Gasteiger partial charge in [-0.25, -0.2) is 0 Å². The van der Waals surface area contributed by atoms with Crippen molar-refractivity contribution >= 4 is 23.4 Å². The minimum atomic E-state index is -0.590. The molecular weight excluding hydrogens is 334 g/mol. The van der Waals surface area contributed by atoms with Crippen LogP contribution in [-0.4, -0.2) is 25.6 Å². The molecule has 2 aromatic heterocycles. The third-order valence-corrected chi connectivity index (χ3v) is 4.91. The standard InChI is InChI=1S/C16H16ClN3O2S/c1-10-13(7-8-22-10)15-18-19-16(20(15)2)23-9-14(21)11-3-5-12(17)6-4-11/h3-8,14,21H,9H2,1-2H3. The van der Waals surface area contributed by atoms with Crippen molar-refractivity contribution in [3.05, 3.63) is 52.9 Å². The van der Waals surface area contributed by atoms with Crippen LogP contribution in [0.25, 0.3) is 11.4 Å². The van der Waals surface area contributed by atoms with Gasteiger partial charge < -0.3 is 14.1 Å². The maximum atomic E-state index is 10.3. The largest absolute Gasteiger partial charge is 0.469 e. The van der Waals surface area contributed by atoms with Gasteiger partial charge in [0.05, 0.1) is 17.9 Å². The molecule has 5 nitrogen and oxygen atoms in total. The Morgan fingerprint density at radius 3 is 2.65 bits per heavy atom. The topological polar surface area (TPSA) is 64.1 Å². The molecule has 1 aromatic carbocycles. The van der Waals surface area contributed by atoms with Crippen LogP contribution in [0.15, 0.2) is 46.2 Å². The molecule has 0 saturated heterocycles. The summed E-state index contributed by atoms with van der Waals surface area (Å²) in [5.74, 6) is 2.04. The van der Waals surface area contributed by atoms with Gasteiger partial charge in [0.25, 0.3) is 0 Å². The Labute approximate surface area is 143 Å². The quantitative estimate of drug-likeness (QED) is 0.708. The van der Waals surface area contributed by atoms with Gasteiger partial charge in [0.2, 0.25) is 0 Å². The molecule has 0 amide bonds. The summed E-state index contributed by atoms with van der Waals surface area (Å²) in [4.78, 5) is 0. The lowest BCUT2D eigenvalue weighted by Gasteiger charge is -2.10. The normalized spacial score (nSPS) is 12.5. The number of halogens is 1. The summed E-state index contributed by atoms with van der Waals surface area (Å²) in [5.41, 5.74) is 1.75. The van der Waals surface area contributed by atoms with Gasteiger partial charge in [-0.2, -0.15) is 0 Å². The number of rotatable bonds is 5. The monoisotopic (exact) mass is 349 g/mol. The fourth-order valence-electron chi connectivity index (χ4n) is 2.23. The molecule has 1 atom stereocenters. The summed E-state index contributed by atoms with van der Waals surface area (Å²) in [6.07, 6.45) is 1.05. The Balaban J connectivity index is 1.71. The zero-order valence-electron chi connectivity index (χ0n) is 12.7. The number of aromatic nitrogens is 3. The van der Waals surface area contributed by atoms with Crippen LogP contribution < -0.4 is 0 Å². The van der Waals surface area contributed by atoms with Crippen molar-refractivity contribution in [1.29, 1.82) is 0 Å². The van der Waals surface area contributed by atoms with Gasteiger partial charge in [0.15, 0.2) is 11.0 Å². The highest BCUT2D eigenvalue weighted by Crippen LogP contribution is 2.28. The van der Waals surface area contributed by atoms with Gasteiger partial charge in [0.1, 0.15) is 5.76 Å². The van der Waals surface area contributed by atoms with E-state index in [2.05, 4.69) is 10.2 Å². The van der Waals surface area contributed by atoms with Gasteiger partial charge in [0, 0.05) is 17.8 Å². The van der Waals surface area contributed by atoms with Gasteiger partial charge in [-0.15, -0.1) is 10.2 Å². The lowest BCUT2D eigenvalue weighted by atomic mass is 10.1. The molecule has 0 aliphatic heterocycles. The van der Waals surface area contributed by atoms with Crippen LogP contribution in [0.5, 0.6) is 0 Å². The fraction of sp³-hybridized carbons (Fsp3) is 0.250.